The lowest BCUT2D eigenvalue weighted by Gasteiger charge is -2.34. The Morgan fingerprint density at radius 3 is 2.38 bits per heavy atom. The average Bonchev–Trinajstić information content (AvgIpc) is 2.84. The van der Waals surface area contributed by atoms with Crippen molar-refractivity contribution in [2.24, 2.45) is 10.4 Å². The Balaban J connectivity index is 2.17. The lowest BCUT2D eigenvalue weighted by molar-refractivity contribution is -0.140. The highest BCUT2D eigenvalue weighted by Crippen LogP contribution is 2.32. The number of hydrogen-bond donors (Lipinski definition) is 0. The fourth-order valence-corrected chi connectivity index (χ4v) is 3.15. The Bertz CT molecular complexity index is 404. The summed E-state index contributed by atoms with van der Waals surface area (Å²) in [5.41, 5.74) is 0.0762. The summed E-state index contributed by atoms with van der Waals surface area (Å²) in [6, 6.07) is 0.638. The van der Waals surface area contributed by atoms with E-state index in [-0.39, 0.29) is 23.5 Å². The van der Waals surface area contributed by atoms with E-state index in [2.05, 4.69) is 25.7 Å². The largest absolute Gasteiger partial charge is 0.457 e. The molecule has 0 aromatic carbocycles. The molecular weight excluding hydrogens is 264 g/mol. The van der Waals surface area contributed by atoms with Gasteiger partial charge in [-0.3, -0.25) is 4.99 Å². The van der Waals surface area contributed by atoms with Crippen LogP contribution in [0.25, 0.3) is 0 Å². The van der Waals surface area contributed by atoms with Crippen LogP contribution >= 0.6 is 0 Å². The minimum absolute atomic E-state index is 0.0762. The van der Waals surface area contributed by atoms with Gasteiger partial charge in [-0.25, -0.2) is 4.79 Å². The molecule has 4 heteroatoms. The SMILES string of the molecule is CC(C)OC(=O)C1=N[C@@H](C(C)(C)C)CN1C1CCCCC1. The number of nitrogens with zero attached hydrogens (tertiary/aromatic N) is 2. The lowest BCUT2D eigenvalue weighted by Crippen LogP contribution is -2.45. The van der Waals surface area contributed by atoms with Crippen molar-refractivity contribution >= 4 is 11.8 Å². The molecule has 0 unspecified atom stereocenters. The first-order chi connectivity index (χ1) is 9.79. The minimum atomic E-state index is -0.248. The molecule has 1 aliphatic carbocycles. The number of esters is 1. The monoisotopic (exact) mass is 294 g/mol. The maximum Gasteiger partial charge on any atom is 0.374 e. The van der Waals surface area contributed by atoms with E-state index in [0.717, 1.165) is 6.54 Å². The van der Waals surface area contributed by atoms with Crippen molar-refractivity contribution in [2.45, 2.75) is 84.9 Å². The molecule has 4 nitrogen and oxygen atoms in total. The van der Waals surface area contributed by atoms with E-state index in [0.29, 0.717) is 11.9 Å². The van der Waals surface area contributed by atoms with Gasteiger partial charge in [0.25, 0.3) is 0 Å². The molecule has 1 fully saturated rings. The zero-order chi connectivity index (χ0) is 15.6. The summed E-state index contributed by atoms with van der Waals surface area (Å²) in [7, 11) is 0. The summed E-state index contributed by atoms with van der Waals surface area (Å²) in [6.45, 7) is 11.2. The smallest absolute Gasteiger partial charge is 0.374 e. The summed E-state index contributed by atoms with van der Waals surface area (Å²) >= 11 is 0. The molecule has 1 heterocycles. The molecule has 120 valence electrons. The van der Waals surface area contributed by atoms with Crippen molar-refractivity contribution < 1.29 is 9.53 Å². The summed E-state index contributed by atoms with van der Waals surface area (Å²) in [5, 5.41) is 0. The first-order valence-electron chi connectivity index (χ1n) is 8.34. The molecule has 1 saturated carbocycles. The molecule has 2 aliphatic rings. The predicted octanol–water partition coefficient (Wildman–Crippen LogP) is 3.40. The van der Waals surface area contributed by atoms with Crippen LogP contribution < -0.4 is 0 Å². The fraction of sp³-hybridized carbons (Fsp3) is 0.882. The lowest BCUT2D eigenvalue weighted by atomic mass is 9.87. The Labute approximate surface area is 128 Å². The van der Waals surface area contributed by atoms with Crippen LogP contribution in [0.1, 0.15) is 66.7 Å². The van der Waals surface area contributed by atoms with E-state index in [4.69, 9.17) is 9.73 Å². The Hall–Kier alpha value is -1.06. The van der Waals surface area contributed by atoms with Crippen molar-refractivity contribution in [2.75, 3.05) is 6.54 Å². The third-order valence-electron chi connectivity index (χ3n) is 4.46. The maximum absolute atomic E-state index is 12.4. The maximum atomic E-state index is 12.4. The minimum Gasteiger partial charge on any atom is -0.457 e. The second-order valence-corrected chi connectivity index (χ2v) is 7.73. The third kappa shape index (κ3) is 3.98. The van der Waals surface area contributed by atoms with Crippen LogP contribution in [0.3, 0.4) is 0 Å². The third-order valence-corrected chi connectivity index (χ3v) is 4.46. The second-order valence-electron chi connectivity index (χ2n) is 7.73. The summed E-state index contributed by atoms with van der Waals surface area (Å²) < 4.78 is 5.40. The first kappa shape index (κ1) is 16.3. The zero-order valence-electron chi connectivity index (χ0n) is 14.2. The number of ether oxygens (including phenoxy) is 1. The van der Waals surface area contributed by atoms with E-state index >= 15 is 0 Å². The van der Waals surface area contributed by atoms with Crippen molar-refractivity contribution in [1.82, 2.24) is 4.90 Å². The highest BCUT2D eigenvalue weighted by molar-refractivity contribution is 6.35. The molecule has 2 rings (SSSR count). The number of carbonyl (C=O) groups excluding carboxylic acids is 1. The van der Waals surface area contributed by atoms with Crippen LogP contribution in [0.15, 0.2) is 4.99 Å². The Morgan fingerprint density at radius 1 is 1.24 bits per heavy atom. The van der Waals surface area contributed by atoms with Crippen molar-refractivity contribution in [3.05, 3.63) is 0 Å². The summed E-state index contributed by atoms with van der Waals surface area (Å²) in [6.07, 6.45) is 6.08. The molecule has 0 bridgehead atoms. The van der Waals surface area contributed by atoms with Crippen molar-refractivity contribution in [3.8, 4) is 0 Å². The zero-order valence-corrected chi connectivity index (χ0v) is 14.2. The van der Waals surface area contributed by atoms with Gasteiger partial charge in [-0.05, 0) is 32.1 Å². The van der Waals surface area contributed by atoms with Crippen LogP contribution in [-0.4, -0.2) is 41.4 Å². The molecule has 0 amide bonds. The Kier molecular flexibility index (Phi) is 4.95. The van der Waals surface area contributed by atoms with Gasteiger partial charge in [0.1, 0.15) is 0 Å². The quantitative estimate of drug-likeness (QED) is 0.749. The fourth-order valence-electron chi connectivity index (χ4n) is 3.15. The van der Waals surface area contributed by atoms with Gasteiger partial charge in [-0.15, -0.1) is 0 Å². The van der Waals surface area contributed by atoms with Gasteiger partial charge in [-0.1, -0.05) is 40.0 Å². The van der Waals surface area contributed by atoms with E-state index in [9.17, 15) is 4.79 Å². The van der Waals surface area contributed by atoms with Crippen LogP contribution in [0.4, 0.5) is 0 Å². The molecule has 0 N–H and O–H groups in total. The normalized spacial score (nSPS) is 24.4. The van der Waals surface area contributed by atoms with Crippen LogP contribution in [0.2, 0.25) is 0 Å². The Morgan fingerprint density at radius 2 is 1.86 bits per heavy atom. The van der Waals surface area contributed by atoms with Crippen molar-refractivity contribution in [3.63, 3.8) is 0 Å². The summed E-state index contributed by atoms with van der Waals surface area (Å²) in [5.74, 6) is 0.317. The van der Waals surface area contributed by atoms with Crippen LogP contribution in [-0.2, 0) is 9.53 Å². The van der Waals surface area contributed by atoms with Crippen LogP contribution in [0, 0.1) is 5.41 Å². The molecule has 0 spiro atoms. The number of hydrogen-bond acceptors (Lipinski definition) is 4. The van der Waals surface area contributed by atoms with E-state index in [1.54, 1.807) is 0 Å². The highest BCUT2D eigenvalue weighted by atomic mass is 16.5. The van der Waals surface area contributed by atoms with Gasteiger partial charge in [0.05, 0.1) is 12.1 Å². The van der Waals surface area contributed by atoms with Crippen molar-refractivity contribution in [1.29, 1.82) is 0 Å². The van der Waals surface area contributed by atoms with Gasteiger partial charge < -0.3 is 9.64 Å². The topological polar surface area (TPSA) is 41.9 Å². The van der Waals surface area contributed by atoms with E-state index in [1.807, 2.05) is 13.8 Å². The standard InChI is InChI=1S/C17H30N2O2/c1-12(2)21-16(20)15-18-14(17(3,4)5)11-19(15)13-9-7-6-8-10-13/h12-14H,6-11H2,1-5H3/t14-/m1/s1. The van der Waals surface area contributed by atoms with E-state index in [1.165, 1.54) is 32.1 Å². The second kappa shape index (κ2) is 6.37. The molecule has 1 atom stereocenters. The summed E-state index contributed by atoms with van der Waals surface area (Å²) in [4.78, 5) is 19.4. The van der Waals surface area contributed by atoms with Gasteiger partial charge >= 0.3 is 5.97 Å². The predicted molar refractivity (Wildman–Crippen MR) is 85.5 cm³/mol. The van der Waals surface area contributed by atoms with E-state index < -0.39 is 0 Å². The molecule has 0 aromatic heterocycles. The molecule has 0 saturated heterocycles. The average molecular weight is 294 g/mol. The molecule has 1 aliphatic heterocycles. The number of carbonyl (C=O) groups is 1. The van der Waals surface area contributed by atoms with Gasteiger partial charge in [0.2, 0.25) is 5.84 Å². The van der Waals surface area contributed by atoms with Gasteiger partial charge in [-0.2, -0.15) is 0 Å². The molecule has 0 aromatic rings. The highest BCUT2D eigenvalue weighted by Gasteiger charge is 2.40. The van der Waals surface area contributed by atoms with Crippen LogP contribution in [0.5, 0.6) is 0 Å². The number of aliphatic imine (C=N–C) groups is 1. The molecular formula is C17H30N2O2. The van der Waals surface area contributed by atoms with Gasteiger partial charge in [0.15, 0.2) is 0 Å². The first-order valence-corrected chi connectivity index (χ1v) is 8.34. The number of rotatable bonds is 3. The molecule has 21 heavy (non-hydrogen) atoms. The molecule has 0 radical (unpaired) electrons. The number of amidine groups is 1. The van der Waals surface area contributed by atoms with Gasteiger partial charge in [0, 0.05) is 12.6 Å².